The van der Waals surface area contributed by atoms with Crippen molar-refractivity contribution in [2.75, 3.05) is 20.1 Å². The van der Waals surface area contributed by atoms with Crippen molar-refractivity contribution in [3.05, 3.63) is 23.7 Å². The molecule has 0 aromatic carbocycles. The normalized spacial score (nSPS) is 16.3. The number of carbonyl (C=O) groups is 3. The third-order valence-electron chi connectivity index (χ3n) is 2.70. The minimum Gasteiger partial charge on any atom is -0.475 e. The molecule has 7 nitrogen and oxygen atoms in total. The van der Waals surface area contributed by atoms with Gasteiger partial charge in [-0.05, 0) is 12.1 Å². The van der Waals surface area contributed by atoms with Crippen molar-refractivity contribution in [3.8, 4) is 0 Å². The highest BCUT2D eigenvalue weighted by Crippen LogP contribution is 2.13. The summed E-state index contributed by atoms with van der Waals surface area (Å²) in [5.41, 5.74) is 0. The molecule has 0 radical (unpaired) electrons. The van der Waals surface area contributed by atoms with E-state index in [9.17, 15) is 14.4 Å². The van der Waals surface area contributed by atoms with Crippen molar-refractivity contribution < 1.29 is 23.9 Å². The van der Waals surface area contributed by atoms with Crippen LogP contribution in [0.3, 0.4) is 0 Å². The third kappa shape index (κ3) is 2.34. The van der Waals surface area contributed by atoms with Crippen molar-refractivity contribution >= 4 is 17.8 Å². The maximum atomic E-state index is 11.7. The van der Waals surface area contributed by atoms with E-state index in [4.69, 9.17) is 9.52 Å². The van der Waals surface area contributed by atoms with E-state index in [1.807, 2.05) is 0 Å². The third-order valence-corrected chi connectivity index (χ3v) is 2.70. The maximum absolute atomic E-state index is 11.7. The second-order valence-electron chi connectivity index (χ2n) is 4.07. The van der Waals surface area contributed by atoms with Crippen LogP contribution in [0.4, 0.5) is 0 Å². The van der Waals surface area contributed by atoms with Crippen LogP contribution in [-0.2, 0) is 16.1 Å². The van der Waals surface area contributed by atoms with Gasteiger partial charge >= 0.3 is 5.97 Å². The van der Waals surface area contributed by atoms with Gasteiger partial charge in [0.05, 0.1) is 13.1 Å². The Morgan fingerprint density at radius 3 is 2.67 bits per heavy atom. The van der Waals surface area contributed by atoms with Crippen LogP contribution in [0.1, 0.15) is 16.3 Å². The number of carboxylic acid groups (broad SMARTS) is 1. The average molecular weight is 252 g/mol. The Bertz CT molecular complexity index is 507. The van der Waals surface area contributed by atoms with E-state index in [0.29, 0.717) is 5.76 Å². The Balaban J connectivity index is 2.06. The molecule has 1 aliphatic rings. The molecule has 2 rings (SSSR count). The minimum atomic E-state index is -1.16. The van der Waals surface area contributed by atoms with Gasteiger partial charge in [0.25, 0.3) is 0 Å². The summed E-state index contributed by atoms with van der Waals surface area (Å²) in [6, 6.07) is 2.81. The SMILES string of the molecule is CN1CC(=O)N(Cc2ccc(C(=O)O)o2)CC1=O. The summed E-state index contributed by atoms with van der Waals surface area (Å²) in [6.45, 7) is 0.120. The number of nitrogens with zero attached hydrogens (tertiary/aromatic N) is 2. The van der Waals surface area contributed by atoms with Crippen molar-refractivity contribution in [3.63, 3.8) is 0 Å². The van der Waals surface area contributed by atoms with Gasteiger partial charge in [-0.1, -0.05) is 0 Å². The van der Waals surface area contributed by atoms with Gasteiger partial charge in [-0.2, -0.15) is 0 Å². The molecular formula is C11H12N2O5. The number of aromatic carboxylic acids is 1. The smallest absolute Gasteiger partial charge is 0.371 e. The summed E-state index contributed by atoms with van der Waals surface area (Å²) in [5, 5.41) is 8.70. The lowest BCUT2D eigenvalue weighted by atomic mass is 10.3. The summed E-state index contributed by atoms with van der Waals surface area (Å²) in [7, 11) is 1.56. The fourth-order valence-corrected chi connectivity index (χ4v) is 1.67. The minimum absolute atomic E-state index is 0.0154. The van der Waals surface area contributed by atoms with Crippen LogP contribution in [0.2, 0.25) is 0 Å². The number of likely N-dealkylation sites (N-methyl/N-ethyl adjacent to an activating group) is 1. The highest BCUT2D eigenvalue weighted by molar-refractivity contribution is 5.92. The molecule has 1 aromatic heterocycles. The zero-order valence-electron chi connectivity index (χ0n) is 9.75. The number of carbonyl (C=O) groups excluding carboxylic acids is 2. The first-order chi connectivity index (χ1) is 8.47. The number of piperazine rings is 1. The van der Waals surface area contributed by atoms with Gasteiger partial charge in [0.1, 0.15) is 12.3 Å². The standard InChI is InChI=1S/C11H12N2O5/c1-12-5-10(15)13(6-9(12)14)4-7-2-3-8(18-7)11(16)17/h2-3H,4-6H2,1H3,(H,16,17). The van der Waals surface area contributed by atoms with Crippen LogP contribution in [0.15, 0.2) is 16.5 Å². The molecule has 18 heavy (non-hydrogen) atoms. The molecule has 1 aliphatic heterocycles. The fraction of sp³-hybridized carbons (Fsp3) is 0.364. The molecule has 1 saturated heterocycles. The van der Waals surface area contributed by atoms with Crippen molar-refractivity contribution in [2.45, 2.75) is 6.54 Å². The molecule has 0 atom stereocenters. The zero-order chi connectivity index (χ0) is 13.3. The summed E-state index contributed by atoms with van der Waals surface area (Å²) in [6.07, 6.45) is 0. The van der Waals surface area contributed by atoms with Gasteiger partial charge in [0.15, 0.2) is 0 Å². The second kappa shape index (κ2) is 4.52. The average Bonchev–Trinajstić information content (AvgIpc) is 2.74. The highest BCUT2D eigenvalue weighted by atomic mass is 16.4. The second-order valence-corrected chi connectivity index (χ2v) is 4.07. The molecule has 0 aliphatic carbocycles. The molecule has 1 aromatic rings. The van der Waals surface area contributed by atoms with Gasteiger partial charge < -0.3 is 19.3 Å². The molecule has 7 heteroatoms. The first kappa shape index (κ1) is 12.2. The molecule has 1 N–H and O–H groups in total. The molecule has 0 saturated carbocycles. The van der Waals surface area contributed by atoms with E-state index < -0.39 is 5.97 Å². The predicted molar refractivity (Wildman–Crippen MR) is 58.7 cm³/mol. The maximum Gasteiger partial charge on any atom is 0.371 e. The molecule has 2 heterocycles. The van der Waals surface area contributed by atoms with Gasteiger partial charge in [-0.25, -0.2) is 4.79 Å². The first-order valence-electron chi connectivity index (χ1n) is 5.31. The van der Waals surface area contributed by atoms with Crippen molar-refractivity contribution in [1.29, 1.82) is 0 Å². The zero-order valence-corrected chi connectivity index (χ0v) is 9.75. The van der Waals surface area contributed by atoms with E-state index in [-0.39, 0.29) is 37.2 Å². The van der Waals surface area contributed by atoms with Crippen LogP contribution >= 0.6 is 0 Å². The van der Waals surface area contributed by atoms with Crippen LogP contribution in [-0.4, -0.2) is 52.8 Å². The fourth-order valence-electron chi connectivity index (χ4n) is 1.67. The van der Waals surface area contributed by atoms with E-state index in [2.05, 4.69) is 0 Å². The lowest BCUT2D eigenvalue weighted by Crippen LogP contribution is -2.51. The van der Waals surface area contributed by atoms with E-state index >= 15 is 0 Å². The van der Waals surface area contributed by atoms with Gasteiger partial charge in [-0.3, -0.25) is 9.59 Å². The van der Waals surface area contributed by atoms with Gasteiger partial charge in [0.2, 0.25) is 17.6 Å². The van der Waals surface area contributed by atoms with Crippen LogP contribution in [0.5, 0.6) is 0 Å². The molecule has 1 fully saturated rings. The lowest BCUT2D eigenvalue weighted by Gasteiger charge is -2.30. The number of rotatable bonds is 3. The Hall–Kier alpha value is -2.31. The molecule has 0 bridgehead atoms. The lowest BCUT2D eigenvalue weighted by molar-refractivity contribution is -0.149. The van der Waals surface area contributed by atoms with E-state index in [1.54, 1.807) is 7.05 Å². The van der Waals surface area contributed by atoms with E-state index in [0.717, 1.165) is 0 Å². The number of hydrogen-bond acceptors (Lipinski definition) is 4. The van der Waals surface area contributed by atoms with Crippen molar-refractivity contribution in [1.82, 2.24) is 9.80 Å². The van der Waals surface area contributed by atoms with Crippen LogP contribution in [0.25, 0.3) is 0 Å². The summed E-state index contributed by atoms with van der Waals surface area (Å²) in [4.78, 5) is 36.5. The number of carboxylic acids is 1. The largest absolute Gasteiger partial charge is 0.475 e. The molecule has 0 unspecified atom stereocenters. The Morgan fingerprint density at radius 2 is 2.06 bits per heavy atom. The number of hydrogen-bond donors (Lipinski definition) is 1. The first-order valence-corrected chi connectivity index (χ1v) is 5.31. The summed E-state index contributed by atoms with van der Waals surface area (Å²) >= 11 is 0. The number of amides is 2. The number of furan rings is 1. The predicted octanol–water partition coefficient (Wildman–Crippen LogP) is -0.222. The van der Waals surface area contributed by atoms with E-state index in [1.165, 1.54) is 21.9 Å². The van der Waals surface area contributed by atoms with Gasteiger partial charge in [-0.15, -0.1) is 0 Å². The molecular weight excluding hydrogens is 240 g/mol. The Labute approximate surface area is 103 Å². The molecule has 2 amide bonds. The molecule has 96 valence electrons. The van der Waals surface area contributed by atoms with Crippen molar-refractivity contribution in [2.24, 2.45) is 0 Å². The Morgan fingerprint density at radius 1 is 1.33 bits per heavy atom. The monoisotopic (exact) mass is 252 g/mol. The topological polar surface area (TPSA) is 91.1 Å². The van der Waals surface area contributed by atoms with Crippen LogP contribution < -0.4 is 0 Å². The van der Waals surface area contributed by atoms with Crippen LogP contribution in [0, 0.1) is 0 Å². The highest BCUT2D eigenvalue weighted by Gasteiger charge is 2.28. The molecule has 0 spiro atoms. The quantitative estimate of drug-likeness (QED) is 0.803. The van der Waals surface area contributed by atoms with Gasteiger partial charge in [0, 0.05) is 7.05 Å². The summed E-state index contributed by atoms with van der Waals surface area (Å²) in [5.74, 6) is -1.34. The Kier molecular flexibility index (Phi) is 3.05. The summed E-state index contributed by atoms with van der Waals surface area (Å²) < 4.78 is 5.04.